The number of aliphatic hydroxyl groups excluding tert-OH is 2. The number of ether oxygens (including phenoxy) is 1. The standard InChI is InChI=1S/C77H147NO5/c1-3-5-7-9-11-13-15-17-19-20-21-22-29-32-35-38-42-45-49-53-57-61-65-69-75(80)74(73-79)78-76(81)70-66-62-58-54-50-46-43-39-36-33-30-27-25-23-24-26-28-31-34-37-40-44-48-52-56-60-64-68-72-83-77(82)71-67-63-59-55-51-47-41-18-16-14-12-10-8-6-4-2/h12,14,18,23-24,41,74-75,79-80H,3-11,13,15-17,19-22,25-40,42-73H2,1-2H3,(H,78,81)/b14-12-,24-23-,41-18-. The van der Waals surface area contributed by atoms with Gasteiger partial charge >= 0.3 is 5.97 Å². The minimum absolute atomic E-state index is 0.00247. The summed E-state index contributed by atoms with van der Waals surface area (Å²) >= 11 is 0. The van der Waals surface area contributed by atoms with Gasteiger partial charge in [0.2, 0.25) is 5.91 Å². The molecule has 0 aromatic rings. The smallest absolute Gasteiger partial charge is 0.305 e. The third kappa shape index (κ3) is 69.1. The molecule has 0 radical (unpaired) electrons. The summed E-state index contributed by atoms with van der Waals surface area (Å²) in [6.45, 7) is 4.96. The van der Waals surface area contributed by atoms with Crippen molar-refractivity contribution in [2.45, 2.75) is 431 Å². The van der Waals surface area contributed by atoms with Crippen molar-refractivity contribution >= 4 is 11.9 Å². The number of carbonyl (C=O) groups excluding carboxylic acids is 2. The topological polar surface area (TPSA) is 95.9 Å². The average Bonchev–Trinajstić information content (AvgIpc) is 3.49. The lowest BCUT2D eigenvalue weighted by atomic mass is 10.0. The Morgan fingerprint density at radius 1 is 0.337 bits per heavy atom. The Morgan fingerprint density at radius 3 is 0.952 bits per heavy atom. The van der Waals surface area contributed by atoms with Gasteiger partial charge < -0.3 is 20.3 Å². The highest BCUT2D eigenvalue weighted by atomic mass is 16.5. The van der Waals surface area contributed by atoms with Gasteiger partial charge in [-0.25, -0.2) is 0 Å². The molecular formula is C77H147NO5. The highest BCUT2D eigenvalue weighted by Gasteiger charge is 2.20. The largest absolute Gasteiger partial charge is 0.466 e. The fourth-order valence-electron chi connectivity index (χ4n) is 11.9. The molecule has 0 saturated carbocycles. The molecule has 0 bridgehead atoms. The first-order valence-electron chi connectivity index (χ1n) is 37.7. The van der Waals surface area contributed by atoms with Gasteiger partial charge in [0.05, 0.1) is 25.4 Å². The van der Waals surface area contributed by atoms with Gasteiger partial charge in [0.1, 0.15) is 0 Å². The summed E-state index contributed by atoms with van der Waals surface area (Å²) in [5.41, 5.74) is 0. The lowest BCUT2D eigenvalue weighted by Gasteiger charge is -2.22. The van der Waals surface area contributed by atoms with Crippen LogP contribution in [0.15, 0.2) is 36.5 Å². The Kier molecular flexibility index (Phi) is 70.9. The minimum Gasteiger partial charge on any atom is -0.466 e. The summed E-state index contributed by atoms with van der Waals surface area (Å²) in [6, 6.07) is -0.543. The van der Waals surface area contributed by atoms with Crippen LogP contribution in [0, 0.1) is 0 Å². The molecule has 0 aromatic carbocycles. The Balaban J connectivity index is 3.38. The van der Waals surface area contributed by atoms with Crippen LogP contribution in [0.1, 0.15) is 418 Å². The molecule has 0 aromatic heterocycles. The molecule has 0 spiro atoms. The van der Waals surface area contributed by atoms with Crippen molar-refractivity contribution in [1.82, 2.24) is 5.32 Å². The van der Waals surface area contributed by atoms with E-state index in [4.69, 9.17) is 4.74 Å². The van der Waals surface area contributed by atoms with Gasteiger partial charge in [0.25, 0.3) is 0 Å². The Hall–Kier alpha value is -1.92. The van der Waals surface area contributed by atoms with Crippen molar-refractivity contribution in [3.05, 3.63) is 36.5 Å². The van der Waals surface area contributed by atoms with Crippen molar-refractivity contribution in [1.29, 1.82) is 0 Å². The number of carbonyl (C=O) groups is 2. The first-order chi connectivity index (χ1) is 41.0. The highest BCUT2D eigenvalue weighted by Crippen LogP contribution is 2.19. The number of esters is 1. The second-order valence-corrected chi connectivity index (χ2v) is 26.0. The average molecular weight is 1170 g/mol. The van der Waals surface area contributed by atoms with E-state index in [0.29, 0.717) is 25.9 Å². The summed E-state index contributed by atoms with van der Waals surface area (Å²) in [7, 11) is 0. The number of nitrogens with one attached hydrogen (secondary N) is 1. The Morgan fingerprint density at radius 2 is 0.602 bits per heavy atom. The molecule has 0 fully saturated rings. The predicted octanol–water partition coefficient (Wildman–Crippen LogP) is 24.7. The van der Waals surface area contributed by atoms with Crippen molar-refractivity contribution in [3.63, 3.8) is 0 Å². The van der Waals surface area contributed by atoms with E-state index in [0.717, 1.165) is 51.4 Å². The van der Waals surface area contributed by atoms with E-state index in [-0.39, 0.29) is 18.5 Å². The van der Waals surface area contributed by atoms with Gasteiger partial charge in [-0.1, -0.05) is 359 Å². The quantitative estimate of drug-likeness (QED) is 0.0320. The van der Waals surface area contributed by atoms with Crippen LogP contribution in [0.5, 0.6) is 0 Å². The van der Waals surface area contributed by atoms with Crippen molar-refractivity contribution in [2.75, 3.05) is 13.2 Å². The molecule has 2 unspecified atom stereocenters. The third-order valence-electron chi connectivity index (χ3n) is 17.7. The van der Waals surface area contributed by atoms with Crippen LogP contribution in [0.4, 0.5) is 0 Å². The SMILES string of the molecule is CCCCC/C=C\C/C=C\CCCCCCCC(=O)OCCCCCCCCCCCCCC/C=C\CCCCCCCCCCCCCCC(=O)NC(CO)C(O)CCCCCCCCCCCCCCCCCCCCCCCCC. The molecule has 0 saturated heterocycles. The molecule has 0 aliphatic rings. The van der Waals surface area contributed by atoms with Crippen molar-refractivity contribution in [3.8, 4) is 0 Å². The van der Waals surface area contributed by atoms with Gasteiger partial charge in [-0.2, -0.15) is 0 Å². The molecule has 3 N–H and O–H groups in total. The number of allylic oxidation sites excluding steroid dienone is 6. The number of rotatable bonds is 71. The number of hydrogen-bond donors (Lipinski definition) is 3. The zero-order valence-corrected chi connectivity index (χ0v) is 56.2. The molecule has 2 atom stereocenters. The fraction of sp³-hybridized carbons (Fsp3) is 0.896. The van der Waals surface area contributed by atoms with Crippen LogP contribution in [0.2, 0.25) is 0 Å². The monoisotopic (exact) mass is 1170 g/mol. The summed E-state index contributed by atoms with van der Waals surface area (Å²) in [4.78, 5) is 24.6. The number of aliphatic hydroxyl groups is 2. The third-order valence-corrected chi connectivity index (χ3v) is 17.7. The van der Waals surface area contributed by atoms with E-state index in [1.54, 1.807) is 0 Å². The lowest BCUT2D eigenvalue weighted by molar-refractivity contribution is -0.143. The van der Waals surface area contributed by atoms with Gasteiger partial charge in [0, 0.05) is 12.8 Å². The predicted molar refractivity (Wildman–Crippen MR) is 366 cm³/mol. The van der Waals surface area contributed by atoms with Crippen LogP contribution in [-0.4, -0.2) is 47.4 Å². The Labute approximate surface area is 519 Å². The number of hydrogen-bond acceptors (Lipinski definition) is 5. The maximum atomic E-state index is 12.6. The number of amides is 1. The molecule has 1 amide bonds. The van der Waals surface area contributed by atoms with Crippen LogP contribution in [0.25, 0.3) is 0 Å². The van der Waals surface area contributed by atoms with Gasteiger partial charge in [0.15, 0.2) is 0 Å². The summed E-state index contributed by atoms with van der Waals surface area (Å²) in [6.07, 6.45) is 93.5. The highest BCUT2D eigenvalue weighted by molar-refractivity contribution is 5.76. The second kappa shape index (κ2) is 72.6. The molecule has 0 heterocycles. The van der Waals surface area contributed by atoms with Gasteiger partial charge in [-0.3, -0.25) is 9.59 Å². The second-order valence-electron chi connectivity index (χ2n) is 26.0. The van der Waals surface area contributed by atoms with E-state index in [2.05, 4.69) is 55.6 Å². The van der Waals surface area contributed by atoms with E-state index in [1.165, 1.54) is 334 Å². The Bertz CT molecular complexity index is 1340. The van der Waals surface area contributed by atoms with Crippen molar-refractivity contribution in [2.24, 2.45) is 0 Å². The first-order valence-corrected chi connectivity index (χ1v) is 37.7. The summed E-state index contributed by atoms with van der Waals surface area (Å²) in [5.74, 6) is -0.0278. The van der Waals surface area contributed by atoms with Gasteiger partial charge in [-0.15, -0.1) is 0 Å². The zero-order valence-electron chi connectivity index (χ0n) is 56.2. The lowest BCUT2D eigenvalue weighted by Crippen LogP contribution is -2.45. The molecular weight excluding hydrogens is 1020 g/mol. The fourth-order valence-corrected chi connectivity index (χ4v) is 11.9. The molecule has 6 nitrogen and oxygen atoms in total. The van der Waals surface area contributed by atoms with Crippen LogP contribution in [-0.2, 0) is 14.3 Å². The molecule has 0 aliphatic heterocycles. The maximum absolute atomic E-state index is 12.6. The molecule has 0 rings (SSSR count). The first kappa shape index (κ1) is 81.1. The van der Waals surface area contributed by atoms with E-state index >= 15 is 0 Å². The summed E-state index contributed by atoms with van der Waals surface area (Å²) < 4.78 is 5.49. The molecule has 83 heavy (non-hydrogen) atoms. The summed E-state index contributed by atoms with van der Waals surface area (Å²) in [5, 5.41) is 23.5. The maximum Gasteiger partial charge on any atom is 0.305 e. The normalized spacial score (nSPS) is 12.7. The van der Waals surface area contributed by atoms with E-state index in [1.807, 2.05) is 0 Å². The molecule has 6 heteroatoms. The van der Waals surface area contributed by atoms with Crippen LogP contribution >= 0.6 is 0 Å². The molecule has 490 valence electrons. The molecule has 0 aliphatic carbocycles. The van der Waals surface area contributed by atoms with Crippen LogP contribution < -0.4 is 5.32 Å². The van der Waals surface area contributed by atoms with E-state index < -0.39 is 12.1 Å². The number of unbranched alkanes of at least 4 members (excludes halogenated alkanes) is 54. The van der Waals surface area contributed by atoms with Crippen LogP contribution in [0.3, 0.4) is 0 Å². The zero-order chi connectivity index (χ0) is 59.9. The van der Waals surface area contributed by atoms with Crippen molar-refractivity contribution < 1.29 is 24.5 Å². The minimum atomic E-state index is -0.666. The van der Waals surface area contributed by atoms with Gasteiger partial charge in [-0.05, 0) is 83.5 Å². The van der Waals surface area contributed by atoms with E-state index in [9.17, 15) is 19.8 Å².